The topological polar surface area (TPSA) is 64.4 Å². The molecule has 1 unspecified atom stereocenters. The van der Waals surface area contributed by atoms with Gasteiger partial charge in [-0.15, -0.1) is 0 Å². The zero-order valence-electron chi connectivity index (χ0n) is 18.1. The summed E-state index contributed by atoms with van der Waals surface area (Å²) in [6.07, 6.45) is 0.218. The third-order valence-corrected chi connectivity index (χ3v) is 6.20. The number of carboxylic acids is 1. The van der Waals surface area contributed by atoms with Gasteiger partial charge >= 0.3 is 5.97 Å². The van der Waals surface area contributed by atoms with Crippen molar-refractivity contribution < 1.29 is 14.6 Å². The molecule has 4 rings (SSSR count). The number of rotatable bonds is 7. The summed E-state index contributed by atoms with van der Waals surface area (Å²) in [4.78, 5) is 12.1. The first-order chi connectivity index (χ1) is 15.9. The van der Waals surface area contributed by atoms with Gasteiger partial charge in [0.05, 0.1) is 40.1 Å². The van der Waals surface area contributed by atoms with Crippen LogP contribution in [0.4, 0.5) is 0 Å². The van der Waals surface area contributed by atoms with Gasteiger partial charge in [-0.25, -0.2) is 4.68 Å². The van der Waals surface area contributed by atoms with Gasteiger partial charge in [-0.05, 0) is 48.9 Å². The lowest BCUT2D eigenvalue weighted by Crippen LogP contribution is -2.15. The number of carbonyl (C=O) groups is 1. The quantitative estimate of drug-likeness (QED) is 0.324. The molecule has 3 aromatic carbocycles. The Morgan fingerprint density at radius 2 is 1.79 bits per heavy atom. The molecule has 0 saturated carbocycles. The van der Waals surface area contributed by atoms with Crippen LogP contribution in [-0.2, 0) is 11.2 Å². The second kappa shape index (κ2) is 9.69. The van der Waals surface area contributed by atoms with Crippen molar-refractivity contribution in [2.45, 2.75) is 19.3 Å². The maximum absolute atomic E-state index is 12.1. The van der Waals surface area contributed by atoms with Crippen molar-refractivity contribution >= 4 is 29.2 Å². The third-order valence-electron chi connectivity index (χ3n) is 5.46. The summed E-state index contributed by atoms with van der Waals surface area (Å²) in [6.45, 7) is 2.02. The maximum Gasteiger partial charge on any atom is 0.311 e. The van der Waals surface area contributed by atoms with Crippen molar-refractivity contribution in [3.63, 3.8) is 0 Å². The monoisotopic (exact) mass is 480 g/mol. The summed E-state index contributed by atoms with van der Waals surface area (Å²) >= 11 is 12.4. The van der Waals surface area contributed by atoms with E-state index in [-0.39, 0.29) is 6.42 Å². The number of ether oxygens (including phenoxy) is 1. The van der Waals surface area contributed by atoms with E-state index in [1.165, 1.54) is 0 Å². The fourth-order valence-electron chi connectivity index (χ4n) is 3.69. The molecule has 0 fully saturated rings. The van der Waals surface area contributed by atoms with E-state index in [1.54, 1.807) is 48.2 Å². The molecule has 0 aliphatic carbocycles. The van der Waals surface area contributed by atoms with E-state index >= 15 is 0 Å². The first-order valence-corrected chi connectivity index (χ1v) is 11.1. The largest absolute Gasteiger partial charge is 0.497 e. The summed E-state index contributed by atoms with van der Waals surface area (Å²) in [6, 6.07) is 22.4. The zero-order valence-corrected chi connectivity index (χ0v) is 19.6. The number of aromatic nitrogens is 2. The predicted octanol–water partition coefficient (Wildman–Crippen LogP) is 6.57. The Labute approximate surface area is 202 Å². The maximum atomic E-state index is 12.1. The van der Waals surface area contributed by atoms with Gasteiger partial charge in [-0.3, -0.25) is 4.79 Å². The fourth-order valence-corrected chi connectivity index (χ4v) is 3.98. The van der Waals surface area contributed by atoms with Gasteiger partial charge in [0.25, 0.3) is 0 Å². The minimum atomic E-state index is -0.927. The summed E-state index contributed by atoms with van der Waals surface area (Å²) in [5.41, 5.74) is 4.97. The molecular formula is C26H22Cl2N2O3. The van der Waals surface area contributed by atoms with Gasteiger partial charge in [0, 0.05) is 12.0 Å². The van der Waals surface area contributed by atoms with Gasteiger partial charge in [0.15, 0.2) is 0 Å². The molecular weight excluding hydrogens is 459 g/mol. The summed E-state index contributed by atoms with van der Waals surface area (Å²) in [7, 11) is 1.56. The lowest BCUT2D eigenvalue weighted by Gasteiger charge is -2.12. The average Bonchev–Trinajstić information content (AvgIpc) is 3.23. The van der Waals surface area contributed by atoms with Crippen LogP contribution in [0.1, 0.15) is 22.7 Å². The van der Waals surface area contributed by atoms with Crippen LogP contribution < -0.4 is 4.74 Å². The molecule has 168 valence electrons. The highest BCUT2D eigenvalue weighted by Gasteiger charge is 2.24. The molecule has 0 radical (unpaired) electrons. The third kappa shape index (κ3) is 5.05. The Balaban J connectivity index is 1.78. The molecule has 0 bridgehead atoms. The Hall–Kier alpha value is -3.28. The van der Waals surface area contributed by atoms with Crippen LogP contribution in [0, 0.1) is 6.92 Å². The lowest BCUT2D eigenvalue weighted by atomic mass is 9.94. The van der Waals surface area contributed by atoms with Crippen LogP contribution >= 0.6 is 23.2 Å². The van der Waals surface area contributed by atoms with E-state index in [0.717, 1.165) is 22.5 Å². The van der Waals surface area contributed by atoms with Crippen molar-refractivity contribution in [3.05, 3.63) is 99.7 Å². The van der Waals surface area contributed by atoms with Crippen molar-refractivity contribution in [3.8, 4) is 22.7 Å². The second-order valence-electron chi connectivity index (χ2n) is 7.77. The first-order valence-electron chi connectivity index (χ1n) is 10.3. The van der Waals surface area contributed by atoms with E-state index < -0.39 is 11.9 Å². The molecule has 0 aliphatic rings. The van der Waals surface area contributed by atoms with Crippen LogP contribution in [0.2, 0.25) is 10.0 Å². The number of methoxy groups -OCH3 is 1. The van der Waals surface area contributed by atoms with Crippen LogP contribution in [0.15, 0.2) is 72.8 Å². The van der Waals surface area contributed by atoms with E-state index in [4.69, 9.17) is 33.0 Å². The van der Waals surface area contributed by atoms with Crippen molar-refractivity contribution in [1.82, 2.24) is 9.78 Å². The Morgan fingerprint density at radius 1 is 1.03 bits per heavy atom. The Kier molecular flexibility index (Phi) is 6.72. The van der Waals surface area contributed by atoms with Gasteiger partial charge in [0.1, 0.15) is 5.75 Å². The predicted molar refractivity (Wildman–Crippen MR) is 131 cm³/mol. The molecule has 0 amide bonds. The molecule has 7 heteroatoms. The zero-order chi connectivity index (χ0) is 23.5. The molecule has 0 spiro atoms. The number of halogens is 2. The number of hydrogen-bond acceptors (Lipinski definition) is 3. The van der Waals surface area contributed by atoms with Gasteiger partial charge in [0.2, 0.25) is 0 Å². The number of nitrogens with zero attached hydrogens (tertiary/aromatic N) is 2. The molecule has 1 aromatic heterocycles. The minimum Gasteiger partial charge on any atom is -0.497 e. The van der Waals surface area contributed by atoms with E-state index in [1.807, 2.05) is 43.3 Å². The molecule has 33 heavy (non-hydrogen) atoms. The molecule has 1 atom stereocenters. The van der Waals surface area contributed by atoms with E-state index in [0.29, 0.717) is 27.1 Å². The van der Waals surface area contributed by atoms with Crippen LogP contribution in [-0.4, -0.2) is 28.0 Å². The smallest absolute Gasteiger partial charge is 0.311 e. The highest BCUT2D eigenvalue weighted by atomic mass is 35.5. The van der Waals surface area contributed by atoms with Gasteiger partial charge in [-0.2, -0.15) is 5.10 Å². The highest BCUT2D eigenvalue weighted by molar-refractivity contribution is 6.42. The van der Waals surface area contributed by atoms with Crippen LogP contribution in [0.3, 0.4) is 0 Å². The number of carboxylic acid groups (broad SMARTS) is 1. The second-order valence-corrected chi connectivity index (χ2v) is 8.58. The minimum absolute atomic E-state index is 0.218. The molecule has 0 aliphatic heterocycles. The number of hydrogen-bond donors (Lipinski definition) is 1. The number of benzene rings is 3. The average molecular weight is 481 g/mol. The summed E-state index contributed by atoms with van der Waals surface area (Å²) in [5.74, 6) is -1.09. The first kappa shape index (κ1) is 22.9. The Morgan fingerprint density at radius 3 is 2.45 bits per heavy atom. The Bertz CT molecular complexity index is 1300. The molecule has 0 saturated heterocycles. The standard InChI is InChI=1S/C26H22Cl2N2O3/c1-16-6-8-17(9-7-16)25-14-19(29-30(25)20-10-11-23(27)24(28)15-20)13-22(26(31)32)18-4-3-5-21(12-18)33-2/h3-12,14-15,22H,13H2,1-2H3,(H,31,32). The van der Waals surface area contributed by atoms with Crippen LogP contribution in [0.5, 0.6) is 5.75 Å². The number of aliphatic carboxylic acids is 1. The SMILES string of the molecule is COc1cccc(C(Cc2cc(-c3ccc(C)cc3)n(-c3ccc(Cl)c(Cl)c3)n2)C(=O)O)c1. The van der Waals surface area contributed by atoms with Crippen molar-refractivity contribution in [2.24, 2.45) is 0 Å². The normalized spacial score (nSPS) is 11.9. The van der Waals surface area contributed by atoms with Crippen molar-refractivity contribution in [2.75, 3.05) is 7.11 Å². The molecule has 5 nitrogen and oxygen atoms in total. The molecule has 1 N–H and O–H groups in total. The molecule has 1 heterocycles. The van der Waals surface area contributed by atoms with Crippen LogP contribution in [0.25, 0.3) is 16.9 Å². The summed E-state index contributed by atoms with van der Waals surface area (Å²) in [5, 5.41) is 15.6. The highest BCUT2D eigenvalue weighted by Crippen LogP contribution is 2.31. The lowest BCUT2D eigenvalue weighted by molar-refractivity contribution is -0.138. The van der Waals surface area contributed by atoms with E-state index in [9.17, 15) is 9.90 Å². The van der Waals surface area contributed by atoms with Crippen molar-refractivity contribution in [1.29, 1.82) is 0 Å². The number of aryl methyl sites for hydroxylation is 1. The summed E-state index contributed by atoms with van der Waals surface area (Å²) < 4.78 is 7.04. The van der Waals surface area contributed by atoms with Gasteiger partial charge < -0.3 is 9.84 Å². The fraction of sp³-hybridized carbons (Fsp3) is 0.154. The van der Waals surface area contributed by atoms with Gasteiger partial charge in [-0.1, -0.05) is 65.2 Å². The molecule has 4 aromatic rings. The van der Waals surface area contributed by atoms with E-state index in [2.05, 4.69) is 0 Å².